The van der Waals surface area contributed by atoms with Crippen LogP contribution in [0.15, 0.2) is 24.5 Å². The Labute approximate surface area is 104 Å². The van der Waals surface area contributed by atoms with Gasteiger partial charge < -0.3 is 10.2 Å². The zero-order valence-electron chi connectivity index (χ0n) is 9.72. The third-order valence-corrected chi connectivity index (χ3v) is 2.89. The quantitative estimate of drug-likeness (QED) is 0.866. The van der Waals surface area contributed by atoms with Crippen LogP contribution in [-0.4, -0.2) is 42.1 Å². The Morgan fingerprint density at radius 2 is 2.44 bits per heavy atom. The van der Waals surface area contributed by atoms with Crippen molar-refractivity contribution in [3.8, 4) is 0 Å². The molecule has 0 spiro atoms. The standard InChI is InChI=1S/C12H19N3.ClH/c1-11-10-15(8-6-14-11)7-4-12-3-2-5-13-9-12;/h2-3,5,9,11,14H,4,6-8,10H2,1H3;1H/t11-;/m1./s1. The van der Waals surface area contributed by atoms with Crippen LogP contribution in [0.5, 0.6) is 0 Å². The second-order valence-corrected chi connectivity index (χ2v) is 4.27. The van der Waals surface area contributed by atoms with E-state index >= 15 is 0 Å². The normalized spacial score (nSPS) is 21.4. The fourth-order valence-corrected chi connectivity index (χ4v) is 2.05. The van der Waals surface area contributed by atoms with Gasteiger partial charge in [-0.15, -0.1) is 12.4 Å². The maximum atomic E-state index is 4.13. The first-order chi connectivity index (χ1) is 7.34. The molecule has 2 heterocycles. The number of halogens is 1. The van der Waals surface area contributed by atoms with Gasteiger partial charge in [0.2, 0.25) is 0 Å². The topological polar surface area (TPSA) is 28.2 Å². The van der Waals surface area contributed by atoms with E-state index < -0.39 is 0 Å². The minimum atomic E-state index is 0. The lowest BCUT2D eigenvalue weighted by atomic mass is 10.2. The molecular formula is C12H20ClN3. The smallest absolute Gasteiger partial charge is 0.0300 e. The van der Waals surface area contributed by atoms with Crippen LogP contribution < -0.4 is 5.32 Å². The minimum Gasteiger partial charge on any atom is -0.312 e. The summed E-state index contributed by atoms with van der Waals surface area (Å²) < 4.78 is 0. The Hall–Kier alpha value is -0.640. The summed E-state index contributed by atoms with van der Waals surface area (Å²) in [6.45, 7) is 6.85. The van der Waals surface area contributed by atoms with E-state index in [-0.39, 0.29) is 12.4 Å². The SMILES string of the molecule is C[C@@H]1CN(CCc2cccnc2)CCN1.Cl. The number of rotatable bonds is 3. The van der Waals surface area contributed by atoms with Gasteiger partial charge >= 0.3 is 0 Å². The number of nitrogens with one attached hydrogen (secondary N) is 1. The van der Waals surface area contributed by atoms with Crippen LogP contribution in [0.1, 0.15) is 12.5 Å². The molecule has 1 fully saturated rings. The number of piperazine rings is 1. The van der Waals surface area contributed by atoms with E-state index in [9.17, 15) is 0 Å². The monoisotopic (exact) mass is 241 g/mol. The number of pyridine rings is 1. The van der Waals surface area contributed by atoms with Crippen LogP contribution >= 0.6 is 12.4 Å². The average molecular weight is 242 g/mol. The van der Waals surface area contributed by atoms with Gasteiger partial charge in [-0.05, 0) is 25.0 Å². The average Bonchev–Trinajstić information content (AvgIpc) is 2.28. The van der Waals surface area contributed by atoms with Crippen molar-refractivity contribution in [2.45, 2.75) is 19.4 Å². The van der Waals surface area contributed by atoms with E-state index in [4.69, 9.17) is 0 Å². The molecule has 1 aliphatic rings. The molecule has 1 saturated heterocycles. The summed E-state index contributed by atoms with van der Waals surface area (Å²) >= 11 is 0. The van der Waals surface area contributed by atoms with Crippen molar-refractivity contribution < 1.29 is 0 Å². The first-order valence-corrected chi connectivity index (χ1v) is 5.69. The summed E-state index contributed by atoms with van der Waals surface area (Å²) in [4.78, 5) is 6.65. The van der Waals surface area contributed by atoms with Crippen molar-refractivity contribution >= 4 is 12.4 Å². The summed E-state index contributed by atoms with van der Waals surface area (Å²) in [7, 11) is 0. The molecule has 1 atom stereocenters. The van der Waals surface area contributed by atoms with Crippen LogP contribution in [-0.2, 0) is 6.42 Å². The molecule has 0 radical (unpaired) electrons. The molecule has 1 aliphatic heterocycles. The van der Waals surface area contributed by atoms with Crippen LogP contribution in [0.4, 0.5) is 0 Å². The van der Waals surface area contributed by atoms with E-state index in [0.717, 1.165) is 19.5 Å². The molecule has 4 heteroatoms. The van der Waals surface area contributed by atoms with Gasteiger partial charge in [-0.3, -0.25) is 4.98 Å². The zero-order chi connectivity index (χ0) is 10.5. The highest BCUT2D eigenvalue weighted by molar-refractivity contribution is 5.85. The lowest BCUT2D eigenvalue weighted by molar-refractivity contribution is 0.209. The molecule has 0 aliphatic carbocycles. The van der Waals surface area contributed by atoms with Gasteiger partial charge in [0.05, 0.1) is 0 Å². The summed E-state index contributed by atoms with van der Waals surface area (Å²) in [5.41, 5.74) is 1.34. The van der Waals surface area contributed by atoms with Gasteiger partial charge in [-0.25, -0.2) is 0 Å². The molecule has 0 unspecified atom stereocenters. The maximum Gasteiger partial charge on any atom is 0.0300 e. The van der Waals surface area contributed by atoms with Crippen molar-refractivity contribution in [3.63, 3.8) is 0 Å². The van der Waals surface area contributed by atoms with Crippen LogP contribution in [0.3, 0.4) is 0 Å². The molecule has 3 nitrogen and oxygen atoms in total. The third kappa shape index (κ3) is 4.08. The maximum absolute atomic E-state index is 4.13. The van der Waals surface area contributed by atoms with E-state index in [1.807, 2.05) is 18.5 Å². The summed E-state index contributed by atoms with van der Waals surface area (Å²) in [5.74, 6) is 0. The first kappa shape index (κ1) is 13.4. The second-order valence-electron chi connectivity index (χ2n) is 4.27. The predicted molar refractivity (Wildman–Crippen MR) is 69.1 cm³/mol. The Bertz CT molecular complexity index is 292. The van der Waals surface area contributed by atoms with Gasteiger partial charge in [0.15, 0.2) is 0 Å². The first-order valence-electron chi connectivity index (χ1n) is 5.69. The van der Waals surface area contributed by atoms with Crippen molar-refractivity contribution in [2.24, 2.45) is 0 Å². The number of nitrogens with zero attached hydrogens (tertiary/aromatic N) is 2. The highest BCUT2D eigenvalue weighted by Gasteiger charge is 2.14. The number of hydrogen-bond acceptors (Lipinski definition) is 3. The van der Waals surface area contributed by atoms with E-state index in [1.165, 1.54) is 18.7 Å². The molecule has 0 bridgehead atoms. The lowest BCUT2D eigenvalue weighted by Gasteiger charge is -2.31. The molecule has 1 aromatic heterocycles. The Balaban J connectivity index is 0.00000128. The Kier molecular flexibility index (Phi) is 5.74. The third-order valence-electron chi connectivity index (χ3n) is 2.89. The fourth-order valence-electron chi connectivity index (χ4n) is 2.05. The second kappa shape index (κ2) is 6.84. The molecular weight excluding hydrogens is 222 g/mol. The van der Waals surface area contributed by atoms with Gasteiger partial charge in [0.1, 0.15) is 0 Å². The van der Waals surface area contributed by atoms with Crippen molar-refractivity contribution in [1.29, 1.82) is 0 Å². The molecule has 1 aromatic rings. The number of aromatic nitrogens is 1. The van der Waals surface area contributed by atoms with Crippen molar-refractivity contribution in [1.82, 2.24) is 15.2 Å². The highest BCUT2D eigenvalue weighted by Crippen LogP contribution is 2.02. The van der Waals surface area contributed by atoms with Crippen molar-refractivity contribution in [3.05, 3.63) is 30.1 Å². The Morgan fingerprint density at radius 3 is 3.12 bits per heavy atom. The molecule has 90 valence electrons. The van der Waals surface area contributed by atoms with Crippen LogP contribution in [0, 0.1) is 0 Å². The number of hydrogen-bond donors (Lipinski definition) is 1. The van der Waals surface area contributed by atoms with Gasteiger partial charge in [0, 0.05) is 44.6 Å². The van der Waals surface area contributed by atoms with E-state index in [2.05, 4.69) is 28.2 Å². The van der Waals surface area contributed by atoms with Gasteiger partial charge in [-0.1, -0.05) is 6.07 Å². The molecule has 1 N–H and O–H groups in total. The lowest BCUT2D eigenvalue weighted by Crippen LogP contribution is -2.49. The largest absolute Gasteiger partial charge is 0.312 e. The molecule has 16 heavy (non-hydrogen) atoms. The summed E-state index contributed by atoms with van der Waals surface area (Å²) in [6, 6.07) is 4.79. The summed E-state index contributed by atoms with van der Waals surface area (Å²) in [6.07, 6.45) is 4.91. The van der Waals surface area contributed by atoms with Crippen molar-refractivity contribution in [2.75, 3.05) is 26.2 Å². The molecule has 0 amide bonds. The highest BCUT2D eigenvalue weighted by atomic mass is 35.5. The fraction of sp³-hybridized carbons (Fsp3) is 0.583. The molecule has 2 rings (SSSR count). The van der Waals surface area contributed by atoms with E-state index in [0.29, 0.717) is 6.04 Å². The van der Waals surface area contributed by atoms with Crippen LogP contribution in [0.25, 0.3) is 0 Å². The zero-order valence-corrected chi connectivity index (χ0v) is 10.5. The van der Waals surface area contributed by atoms with Crippen LogP contribution in [0.2, 0.25) is 0 Å². The Morgan fingerprint density at radius 1 is 1.56 bits per heavy atom. The molecule has 0 saturated carbocycles. The predicted octanol–water partition coefficient (Wildman–Crippen LogP) is 1.34. The minimum absolute atomic E-state index is 0. The van der Waals surface area contributed by atoms with Gasteiger partial charge in [0.25, 0.3) is 0 Å². The van der Waals surface area contributed by atoms with E-state index in [1.54, 1.807) is 0 Å². The van der Waals surface area contributed by atoms with Gasteiger partial charge in [-0.2, -0.15) is 0 Å². The molecule has 0 aromatic carbocycles. The summed E-state index contributed by atoms with van der Waals surface area (Å²) in [5, 5.41) is 3.46.